The van der Waals surface area contributed by atoms with Gasteiger partial charge in [0.2, 0.25) is 47.9 Å². The van der Waals surface area contributed by atoms with Crippen LogP contribution in [-0.4, -0.2) is 206 Å². The van der Waals surface area contributed by atoms with Crippen LogP contribution in [0.3, 0.4) is 0 Å². The molecule has 3 aliphatic carbocycles. The van der Waals surface area contributed by atoms with Crippen molar-refractivity contribution in [1.29, 1.82) is 0 Å². The minimum Gasteiger partial charge on any atom is -0.388 e. The predicted octanol–water partition coefficient (Wildman–Crippen LogP) is 4.60. The van der Waals surface area contributed by atoms with Crippen molar-refractivity contribution in [1.82, 2.24) is 42.8 Å². The molecule has 478 valence electrons. The van der Waals surface area contributed by atoms with Gasteiger partial charge >= 0.3 is 0 Å². The zero-order valence-electron chi connectivity index (χ0n) is 51.2. The average Bonchev–Trinajstić information content (AvgIpc) is 2.51. The molecule has 0 spiro atoms. The minimum absolute atomic E-state index is 0.0121. The summed E-state index contributed by atoms with van der Waals surface area (Å²) in [4.78, 5) is 49.6. The van der Waals surface area contributed by atoms with Crippen molar-refractivity contribution in [2.45, 2.75) is 191 Å². The van der Waals surface area contributed by atoms with E-state index in [0.717, 1.165) is 82.0 Å². The van der Waals surface area contributed by atoms with Gasteiger partial charge in [0.1, 0.15) is 17.5 Å². The van der Waals surface area contributed by atoms with E-state index in [1.165, 1.54) is 57.7 Å². The molecule has 26 nitrogen and oxygen atoms in total. The lowest BCUT2D eigenvalue weighted by Gasteiger charge is -2.31. The maximum atomic E-state index is 11.7. The highest BCUT2D eigenvalue weighted by atomic mass is 32.2. The monoisotopic (exact) mass is 1260 g/mol. The number of rotatable bonds is 19. The number of carbonyl (C=O) groups excluding carboxylic acids is 2. The molecule has 3 aliphatic heterocycles. The molecule has 6 fully saturated rings. The lowest BCUT2D eigenvalue weighted by molar-refractivity contribution is -0.113. The largest absolute Gasteiger partial charge is 0.388 e. The highest BCUT2D eigenvalue weighted by Gasteiger charge is 2.40. The van der Waals surface area contributed by atoms with Crippen molar-refractivity contribution in [3.05, 3.63) is 47.4 Å². The number of aliphatic hydroxyl groups is 3. The Labute approximate surface area is 507 Å². The molecule has 3 saturated carbocycles. The Hall–Kier alpha value is -5.53. The van der Waals surface area contributed by atoms with E-state index in [9.17, 15) is 50.2 Å². The number of aryl methyl sites for hydroxylation is 1. The van der Waals surface area contributed by atoms with E-state index in [1.807, 2.05) is 27.7 Å². The highest BCUT2D eigenvalue weighted by molar-refractivity contribution is 7.88. The van der Waals surface area contributed by atoms with Crippen molar-refractivity contribution < 1.29 is 50.2 Å². The molecular formula is C57H91N15O11S3. The van der Waals surface area contributed by atoms with Gasteiger partial charge in [-0.1, -0.05) is 0 Å². The third kappa shape index (κ3) is 19.7. The fourth-order valence-electron chi connectivity index (χ4n) is 11.6. The standard InChI is InChI=1S/2C20H31N5O4S.C17H29N5O3S/c2*1-14(26)6-7-15-13-21-19(22-16-8-11-25(12-9-16)30(3,28)29)24-18(15)23-17-5-4-10-20(17,2)27;1-12-11-18-16(19-13-6-9-22(10-7-13)26(3,24)25)21-15(12)20-14-5-4-8-17(14,2)23/h2*6-7,13,16-17,27H,4-5,8-12H2,1-3H3,(H2,21,22,23,24);11,13-14,23H,4-10H2,1-3H3,(H2,18,19,20,21)/b7-6+;;/t2*17-,20-;14-,17-/m111/s1. The van der Waals surface area contributed by atoms with Crippen molar-refractivity contribution >= 4 is 89.1 Å². The van der Waals surface area contributed by atoms with Gasteiger partial charge in [0.25, 0.3) is 0 Å². The lowest BCUT2D eigenvalue weighted by Crippen LogP contribution is -2.42. The van der Waals surface area contributed by atoms with E-state index >= 15 is 0 Å². The third-order valence-electron chi connectivity index (χ3n) is 17.1. The van der Waals surface area contributed by atoms with Crippen LogP contribution >= 0.6 is 0 Å². The van der Waals surface area contributed by atoms with E-state index in [0.29, 0.717) is 106 Å². The van der Waals surface area contributed by atoms with Crippen LogP contribution in [0.2, 0.25) is 0 Å². The molecule has 3 aromatic rings. The summed E-state index contributed by atoms with van der Waals surface area (Å²) < 4.78 is 74.4. The number of sulfonamides is 3. The Kier molecular flexibility index (Phi) is 22.7. The maximum absolute atomic E-state index is 11.7. The van der Waals surface area contributed by atoms with Crippen LogP contribution in [0.15, 0.2) is 30.7 Å². The fraction of sp³-hybridized carbons (Fsp3) is 0.684. The SMILES string of the molecule is CC(=O)/C=C/c1cnc(NC2CCN(S(C)(=O)=O)CC2)nc1N[C@@H]1CCC[C@@]1(C)O.CC(=O)C=Cc1cnc(NC2CCN(S(C)(=O)=O)CC2)nc1N[C@@H]1CCC[C@@]1(C)O.Cc1cnc(NC2CCN(S(C)(=O)=O)CC2)nc1N[C@@H]1CCC[C@@]1(C)O. The molecule has 3 saturated heterocycles. The van der Waals surface area contributed by atoms with E-state index in [4.69, 9.17) is 0 Å². The van der Waals surface area contributed by atoms with Crippen LogP contribution in [0, 0.1) is 6.92 Å². The Morgan fingerprint density at radius 1 is 0.477 bits per heavy atom. The van der Waals surface area contributed by atoms with Crippen LogP contribution in [-0.2, 0) is 39.7 Å². The molecule has 86 heavy (non-hydrogen) atoms. The first kappa shape index (κ1) is 68.0. The molecule has 0 amide bonds. The van der Waals surface area contributed by atoms with Crippen LogP contribution < -0.4 is 31.9 Å². The van der Waals surface area contributed by atoms with Crippen LogP contribution in [0.1, 0.15) is 148 Å². The summed E-state index contributed by atoms with van der Waals surface area (Å²) in [5.41, 5.74) is -0.0820. The van der Waals surface area contributed by atoms with Crippen molar-refractivity contribution in [2.24, 2.45) is 0 Å². The van der Waals surface area contributed by atoms with Gasteiger partial charge in [0.15, 0.2) is 11.6 Å². The van der Waals surface area contributed by atoms with Gasteiger partial charge in [-0.2, -0.15) is 15.0 Å². The first-order chi connectivity index (χ1) is 40.2. The summed E-state index contributed by atoms with van der Waals surface area (Å²) in [6.45, 7) is 13.3. The second-order valence-corrected chi connectivity index (χ2v) is 30.6. The molecule has 6 aliphatic rings. The molecular weight excluding hydrogens is 1170 g/mol. The molecule has 9 rings (SSSR count). The second-order valence-electron chi connectivity index (χ2n) is 24.7. The first-order valence-electron chi connectivity index (χ1n) is 29.8. The van der Waals surface area contributed by atoms with E-state index in [2.05, 4.69) is 61.8 Å². The molecule has 3 aromatic heterocycles. The van der Waals surface area contributed by atoms with Crippen LogP contribution in [0.4, 0.5) is 35.3 Å². The average molecular weight is 1260 g/mol. The molecule has 0 aromatic carbocycles. The summed E-state index contributed by atoms with van der Waals surface area (Å²) in [5.74, 6) is 3.12. The van der Waals surface area contributed by atoms with Gasteiger partial charge in [-0.3, -0.25) is 9.59 Å². The van der Waals surface area contributed by atoms with Gasteiger partial charge in [-0.15, -0.1) is 0 Å². The first-order valence-corrected chi connectivity index (χ1v) is 35.4. The van der Waals surface area contributed by atoms with E-state index in [1.54, 1.807) is 30.7 Å². The van der Waals surface area contributed by atoms with Gasteiger partial charge < -0.3 is 47.2 Å². The number of allylic oxidation sites excluding steroid dienone is 2. The van der Waals surface area contributed by atoms with E-state index in [-0.39, 0.29) is 47.8 Å². The number of aromatic nitrogens is 6. The molecule has 9 N–H and O–H groups in total. The zero-order chi connectivity index (χ0) is 62.8. The van der Waals surface area contributed by atoms with Crippen molar-refractivity contribution in [2.75, 3.05) is 89.9 Å². The highest BCUT2D eigenvalue weighted by Crippen LogP contribution is 2.36. The number of anilines is 6. The quantitative estimate of drug-likeness (QED) is 0.0741. The number of nitrogens with zero attached hydrogens (tertiary/aromatic N) is 9. The normalized spacial score (nSPS) is 26.8. The Balaban J connectivity index is 0.000000185. The van der Waals surface area contributed by atoms with Crippen molar-refractivity contribution in [3.63, 3.8) is 0 Å². The number of carbonyl (C=O) groups is 2. The Bertz CT molecular complexity index is 3090. The minimum atomic E-state index is -3.17. The smallest absolute Gasteiger partial charge is 0.224 e. The van der Waals surface area contributed by atoms with Gasteiger partial charge in [0, 0.05) is 92.7 Å². The summed E-state index contributed by atoms with van der Waals surface area (Å²) in [7, 11) is -9.45. The van der Waals surface area contributed by atoms with Gasteiger partial charge in [0.05, 0.1) is 53.7 Å². The fourth-order valence-corrected chi connectivity index (χ4v) is 14.3. The zero-order valence-corrected chi connectivity index (χ0v) is 53.7. The van der Waals surface area contributed by atoms with E-state index < -0.39 is 46.9 Å². The van der Waals surface area contributed by atoms with Crippen LogP contribution in [0.25, 0.3) is 12.2 Å². The summed E-state index contributed by atoms with van der Waals surface area (Å²) >= 11 is 0. The molecule has 29 heteroatoms. The number of ketones is 2. The Morgan fingerprint density at radius 3 is 1.02 bits per heavy atom. The predicted molar refractivity (Wildman–Crippen MR) is 335 cm³/mol. The van der Waals surface area contributed by atoms with Gasteiger partial charge in [-0.05, 0) is 162 Å². The second kappa shape index (κ2) is 28.7. The number of nitrogens with one attached hydrogen (secondary N) is 6. The van der Waals surface area contributed by atoms with Crippen molar-refractivity contribution in [3.8, 4) is 0 Å². The topological polar surface area (TPSA) is 356 Å². The maximum Gasteiger partial charge on any atom is 0.224 e. The Morgan fingerprint density at radius 2 is 0.756 bits per heavy atom. The number of hydrogen-bond donors (Lipinski definition) is 9. The van der Waals surface area contributed by atoms with Gasteiger partial charge in [-0.25, -0.2) is 53.1 Å². The number of hydrogen-bond acceptors (Lipinski definition) is 23. The molecule has 6 atom stereocenters. The third-order valence-corrected chi connectivity index (χ3v) is 21.0. The summed E-state index contributed by atoms with van der Waals surface area (Å²) in [6.07, 6.45) is 26.8. The van der Waals surface area contributed by atoms with Crippen LogP contribution in [0.5, 0.6) is 0 Å². The molecule has 0 radical (unpaired) electrons. The summed E-state index contributed by atoms with van der Waals surface area (Å²) in [5, 5.41) is 51.6. The molecule has 0 unspecified atom stereocenters. The molecule has 6 heterocycles. The summed E-state index contributed by atoms with van der Waals surface area (Å²) in [6, 6.07) is 0.0126. The lowest BCUT2D eigenvalue weighted by atomic mass is 10.0. The molecule has 0 bridgehead atoms. The number of piperidine rings is 3.